The average Bonchev–Trinajstić information content (AvgIpc) is 3.10. The summed E-state index contributed by atoms with van der Waals surface area (Å²) in [5.74, 6) is 0.729. The van der Waals surface area contributed by atoms with Gasteiger partial charge >= 0.3 is 0 Å². The Morgan fingerprint density at radius 1 is 0.400 bits per heavy atom. The summed E-state index contributed by atoms with van der Waals surface area (Å²) in [6.07, 6.45) is 0. The maximum atomic E-state index is 5.23. The van der Waals surface area contributed by atoms with E-state index >= 15 is 0 Å². The average molecular weight is 574 g/mol. The van der Waals surface area contributed by atoms with Crippen molar-refractivity contribution in [2.75, 3.05) is 0 Å². The number of nitrogens with zero attached hydrogens (tertiary/aromatic N) is 3. The fraction of sp³-hybridized carbons (Fsp3) is 0.0238. The quantitative estimate of drug-likeness (QED) is 0.156. The minimum atomic E-state index is 0.729. The van der Waals surface area contributed by atoms with E-state index in [9.17, 15) is 0 Å². The van der Waals surface area contributed by atoms with Crippen LogP contribution in [0.15, 0.2) is 146 Å². The Morgan fingerprint density at radius 3 is 1.91 bits per heavy atom. The van der Waals surface area contributed by atoms with Crippen molar-refractivity contribution in [1.29, 1.82) is 0 Å². The second kappa shape index (κ2) is 10.1. The Bertz CT molecular complexity index is 2600. The minimum Gasteiger partial charge on any atom is -0.247 e. The van der Waals surface area contributed by atoms with E-state index in [0.717, 1.165) is 60.9 Å². The van der Waals surface area contributed by atoms with E-state index in [4.69, 9.17) is 15.0 Å². The van der Waals surface area contributed by atoms with Gasteiger partial charge in [-0.1, -0.05) is 133 Å². The molecular formula is C42H27N3. The smallest absolute Gasteiger partial charge is 0.160 e. The number of aryl methyl sites for hydroxylation is 1. The highest BCUT2D eigenvalue weighted by Crippen LogP contribution is 2.39. The van der Waals surface area contributed by atoms with Gasteiger partial charge in [0, 0.05) is 38.2 Å². The summed E-state index contributed by atoms with van der Waals surface area (Å²) in [5, 5.41) is 8.12. The molecule has 0 spiro atoms. The monoisotopic (exact) mass is 573 g/mol. The molecule has 0 bridgehead atoms. The largest absolute Gasteiger partial charge is 0.247 e. The molecule has 0 aliphatic heterocycles. The molecular weight excluding hydrogens is 546 g/mol. The van der Waals surface area contributed by atoms with E-state index < -0.39 is 0 Å². The van der Waals surface area contributed by atoms with Crippen LogP contribution in [0.4, 0.5) is 0 Å². The van der Waals surface area contributed by atoms with E-state index in [1.165, 1.54) is 32.7 Å². The number of hydrogen-bond acceptors (Lipinski definition) is 3. The maximum absolute atomic E-state index is 5.23. The minimum absolute atomic E-state index is 0.729. The summed E-state index contributed by atoms with van der Waals surface area (Å²) in [4.78, 5) is 15.4. The molecule has 210 valence electrons. The molecule has 9 aromatic rings. The van der Waals surface area contributed by atoms with Gasteiger partial charge in [-0.15, -0.1) is 0 Å². The molecule has 2 heterocycles. The van der Waals surface area contributed by atoms with Crippen molar-refractivity contribution in [3.8, 4) is 33.8 Å². The van der Waals surface area contributed by atoms with Gasteiger partial charge in [-0.25, -0.2) is 15.0 Å². The predicted molar refractivity (Wildman–Crippen MR) is 188 cm³/mol. The van der Waals surface area contributed by atoms with Gasteiger partial charge in [0.05, 0.1) is 22.2 Å². The summed E-state index contributed by atoms with van der Waals surface area (Å²) >= 11 is 0. The molecule has 0 saturated heterocycles. The van der Waals surface area contributed by atoms with Crippen molar-refractivity contribution in [1.82, 2.24) is 15.0 Å². The zero-order chi connectivity index (χ0) is 29.9. The number of benzene rings is 7. The second-order valence-electron chi connectivity index (χ2n) is 11.7. The lowest BCUT2D eigenvalue weighted by Gasteiger charge is -2.15. The lowest BCUT2D eigenvalue weighted by molar-refractivity contribution is 1.23. The fourth-order valence-corrected chi connectivity index (χ4v) is 6.70. The van der Waals surface area contributed by atoms with E-state index in [1.54, 1.807) is 0 Å². The topological polar surface area (TPSA) is 38.7 Å². The van der Waals surface area contributed by atoms with E-state index in [0.29, 0.717) is 0 Å². The van der Waals surface area contributed by atoms with Crippen LogP contribution in [0.25, 0.3) is 88.0 Å². The Kier molecular flexibility index (Phi) is 5.72. The highest BCUT2D eigenvalue weighted by Gasteiger charge is 2.16. The zero-order valence-corrected chi connectivity index (χ0v) is 24.7. The number of para-hydroxylation sites is 2. The van der Waals surface area contributed by atoms with E-state index in [1.807, 2.05) is 6.07 Å². The molecule has 3 nitrogen and oxygen atoms in total. The highest BCUT2D eigenvalue weighted by atomic mass is 14.9. The molecule has 0 aliphatic rings. The number of rotatable bonds is 3. The van der Waals surface area contributed by atoms with Gasteiger partial charge in [-0.05, 0) is 46.3 Å². The molecule has 0 amide bonds. The van der Waals surface area contributed by atoms with E-state index in [2.05, 4.69) is 146 Å². The number of fused-ring (bicyclic) bond motifs is 6. The van der Waals surface area contributed by atoms with Gasteiger partial charge in [0.2, 0.25) is 0 Å². The molecule has 7 aromatic carbocycles. The van der Waals surface area contributed by atoms with Crippen LogP contribution >= 0.6 is 0 Å². The summed E-state index contributed by atoms with van der Waals surface area (Å²) in [6.45, 7) is 2.15. The van der Waals surface area contributed by atoms with Crippen molar-refractivity contribution in [3.05, 3.63) is 151 Å². The lowest BCUT2D eigenvalue weighted by atomic mass is 9.92. The Morgan fingerprint density at radius 2 is 1.04 bits per heavy atom. The number of pyridine rings is 1. The molecule has 2 aromatic heterocycles. The third-order valence-corrected chi connectivity index (χ3v) is 8.96. The lowest BCUT2D eigenvalue weighted by Crippen LogP contribution is -1.95. The SMILES string of the molecule is Cc1cccc2c(-c3ccc(-c4nc(-c5ccc6ccccc6c5)nc5ccccc45)cc3)c3ccc4ccccc4c3nc12. The number of hydrogen-bond donors (Lipinski definition) is 0. The molecule has 0 fully saturated rings. The van der Waals surface area contributed by atoms with Crippen molar-refractivity contribution in [2.45, 2.75) is 6.92 Å². The summed E-state index contributed by atoms with van der Waals surface area (Å²) in [5.41, 5.74) is 9.56. The first kappa shape index (κ1) is 25.6. The molecule has 0 atom stereocenters. The van der Waals surface area contributed by atoms with Crippen LogP contribution in [0, 0.1) is 6.92 Å². The van der Waals surface area contributed by atoms with Crippen LogP contribution in [0.3, 0.4) is 0 Å². The maximum Gasteiger partial charge on any atom is 0.160 e. The summed E-state index contributed by atoms with van der Waals surface area (Å²) in [7, 11) is 0. The first-order valence-corrected chi connectivity index (χ1v) is 15.3. The molecule has 45 heavy (non-hydrogen) atoms. The predicted octanol–water partition coefficient (Wildman–Crippen LogP) is 10.9. The first-order chi connectivity index (χ1) is 22.2. The van der Waals surface area contributed by atoms with Crippen molar-refractivity contribution in [2.24, 2.45) is 0 Å². The van der Waals surface area contributed by atoms with Gasteiger partial charge in [0.15, 0.2) is 5.82 Å². The van der Waals surface area contributed by atoms with Gasteiger partial charge in [0.1, 0.15) is 0 Å². The van der Waals surface area contributed by atoms with Crippen LogP contribution in [0.1, 0.15) is 5.56 Å². The first-order valence-electron chi connectivity index (χ1n) is 15.3. The highest BCUT2D eigenvalue weighted by molar-refractivity contribution is 6.17. The molecule has 0 aliphatic carbocycles. The van der Waals surface area contributed by atoms with Crippen molar-refractivity contribution in [3.63, 3.8) is 0 Å². The fourth-order valence-electron chi connectivity index (χ4n) is 6.70. The third kappa shape index (κ3) is 4.16. The molecule has 0 N–H and O–H groups in total. The molecule has 9 rings (SSSR count). The summed E-state index contributed by atoms with van der Waals surface area (Å²) in [6, 6.07) is 51.4. The van der Waals surface area contributed by atoms with E-state index in [-0.39, 0.29) is 0 Å². The molecule has 3 heteroatoms. The van der Waals surface area contributed by atoms with Crippen molar-refractivity contribution >= 4 is 54.3 Å². The Hall–Kier alpha value is -5.93. The standard InChI is InChI=1S/C42H27N3/c1-26-9-8-15-35-38(36-24-23-28-11-4-5-13-33(28)41(36)44-39(26)35)29-18-20-30(21-19-29)40-34-14-6-7-16-37(34)43-42(45-40)32-22-17-27-10-2-3-12-31(27)25-32/h2-25H,1H3. The van der Waals surface area contributed by atoms with Gasteiger partial charge < -0.3 is 0 Å². The van der Waals surface area contributed by atoms with Crippen LogP contribution in [0.5, 0.6) is 0 Å². The normalized spacial score (nSPS) is 11.7. The second-order valence-corrected chi connectivity index (χ2v) is 11.7. The van der Waals surface area contributed by atoms with Gasteiger partial charge in [-0.2, -0.15) is 0 Å². The summed E-state index contributed by atoms with van der Waals surface area (Å²) < 4.78 is 0. The molecule has 0 radical (unpaired) electrons. The van der Waals surface area contributed by atoms with Gasteiger partial charge in [0.25, 0.3) is 0 Å². The van der Waals surface area contributed by atoms with Gasteiger partial charge in [-0.3, -0.25) is 0 Å². The van der Waals surface area contributed by atoms with Crippen LogP contribution in [-0.4, -0.2) is 15.0 Å². The zero-order valence-electron chi connectivity index (χ0n) is 24.7. The third-order valence-electron chi connectivity index (χ3n) is 8.96. The van der Waals surface area contributed by atoms with Crippen molar-refractivity contribution < 1.29 is 0 Å². The number of aromatic nitrogens is 3. The molecule has 0 unspecified atom stereocenters. The Balaban J connectivity index is 1.24. The van der Waals surface area contributed by atoms with Crippen LogP contribution < -0.4 is 0 Å². The Labute approximate surface area is 260 Å². The van der Waals surface area contributed by atoms with Crippen LogP contribution in [-0.2, 0) is 0 Å². The molecule has 0 saturated carbocycles. The van der Waals surface area contributed by atoms with Crippen LogP contribution in [0.2, 0.25) is 0 Å².